The smallest absolute Gasteiger partial charge is 0.317 e. The molecule has 1 aromatic carbocycles. The average molecular weight is 233 g/mol. The maximum Gasteiger partial charge on any atom is 0.317 e. The molecule has 17 heavy (non-hydrogen) atoms. The van der Waals surface area contributed by atoms with Gasteiger partial charge >= 0.3 is 5.97 Å². The quantitative estimate of drug-likeness (QED) is 0.574. The SMILES string of the molecule is COC(=O)C1CN(Cc2ccccc2)CC1=O. The van der Waals surface area contributed by atoms with E-state index in [1.54, 1.807) is 0 Å². The Morgan fingerprint density at radius 3 is 2.76 bits per heavy atom. The van der Waals surface area contributed by atoms with Crippen molar-refractivity contribution in [2.75, 3.05) is 20.2 Å². The lowest BCUT2D eigenvalue weighted by molar-refractivity contribution is -0.147. The third-order valence-electron chi connectivity index (χ3n) is 2.94. The number of methoxy groups -OCH3 is 1. The van der Waals surface area contributed by atoms with Crippen LogP contribution in [0.1, 0.15) is 5.56 Å². The molecule has 0 N–H and O–H groups in total. The zero-order chi connectivity index (χ0) is 12.3. The lowest BCUT2D eigenvalue weighted by Crippen LogP contribution is -2.24. The summed E-state index contributed by atoms with van der Waals surface area (Å²) in [6.07, 6.45) is 0. The highest BCUT2D eigenvalue weighted by molar-refractivity contribution is 6.01. The number of carbonyl (C=O) groups excluding carboxylic acids is 2. The van der Waals surface area contributed by atoms with E-state index in [0.717, 1.165) is 5.56 Å². The molecule has 0 radical (unpaired) electrons. The van der Waals surface area contributed by atoms with Crippen LogP contribution in [0.2, 0.25) is 0 Å². The Labute approximate surface area is 100 Å². The van der Waals surface area contributed by atoms with Gasteiger partial charge in [0.25, 0.3) is 0 Å². The molecule has 0 aromatic heterocycles. The van der Waals surface area contributed by atoms with Gasteiger partial charge in [-0.2, -0.15) is 0 Å². The Morgan fingerprint density at radius 2 is 2.12 bits per heavy atom. The van der Waals surface area contributed by atoms with Gasteiger partial charge < -0.3 is 4.74 Å². The second-order valence-corrected chi connectivity index (χ2v) is 4.20. The van der Waals surface area contributed by atoms with Crippen molar-refractivity contribution in [3.05, 3.63) is 35.9 Å². The van der Waals surface area contributed by atoms with E-state index >= 15 is 0 Å². The average Bonchev–Trinajstić information content (AvgIpc) is 2.70. The molecule has 4 nitrogen and oxygen atoms in total. The summed E-state index contributed by atoms with van der Waals surface area (Å²) in [5.41, 5.74) is 1.14. The molecule has 0 amide bonds. The van der Waals surface area contributed by atoms with Crippen molar-refractivity contribution in [1.82, 2.24) is 4.90 Å². The maximum absolute atomic E-state index is 11.6. The van der Waals surface area contributed by atoms with Gasteiger partial charge in [0.05, 0.1) is 13.7 Å². The van der Waals surface area contributed by atoms with Crippen LogP contribution in [0, 0.1) is 5.92 Å². The number of hydrogen-bond donors (Lipinski definition) is 0. The predicted octanol–water partition coefficient (Wildman–Crippen LogP) is 0.861. The highest BCUT2D eigenvalue weighted by Crippen LogP contribution is 2.16. The number of hydrogen-bond acceptors (Lipinski definition) is 4. The monoisotopic (exact) mass is 233 g/mol. The molecular formula is C13H15NO3. The van der Waals surface area contributed by atoms with Gasteiger partial charge in [-0.1, -0.05) is 30.3 Å². The fourth-order valence-electron chi connectivity index (χ4n) is 2.07. The van der Waals surface area contributed by atoms with E-state index < -0.39 is 11.9 Å². The van der Waals surface area contributed by atoms with Gasteiger partial charge in [0, 0.05) is 13.1 Å². The number of carbonyl (C=O) groups is 2. The summed E-state index contributed by atoms with van der Waals surface area (Å²) in [7, 11) is 1.31. The highest BCUT2D eigenvalue weighted by Gasteiger charge is 2.36. The van der Waals surface area contributed by atoms with E-state index in [1.165, 1.54) is 7.11 Å². The van der Waals surface area contributed by atoms with Crippen LogP contribution in [0.4, 0.5) is 0 Å². The van der Waals surface area contributed by atoms with Crippen LogP contribution in [0.25, 0.3) is 0 Å². The van der Waals surface area contributed by atoms with E-state index in [4.69, 9.17) is 0 Å². The summed E-state index contributed by atoms with van der Waals surface area (Å²) < 4.78 is 4.62. The Bertz CT molecular complexity index is 416. The fourth-order valence-corrected chi connectivity index (χ4v) is 2.07. The van der Waals surface area contributed by atoms with Crippen LogP contribution in [-0.4, -0.2) is 36.9 Å². The lowest BCUT2D eigenvalue weighted by Gasteiger charge is -2.14. The zero-order valence-corrected chi connectivity index (χ0v) is 9.76. The van der Waals surface area contributed by atoms with Crippen molar-refractivity contribution in [2.24, 2.45) is 5.92 Å². The Kier molecular flexibility index (Phi) is 3.54. The minimum absolute atomic E-state index is 0.0484. The second kappa shape index (κ2) is 5.10. The molecule has 0 saturated carbocycles. The third-order valence-corrected chi connectivity index (χ3v) is 2.94. The van der Waals surface area contributed by atoms with Gasteiger partial charge in [0.1, 0.15) is 5.92 Å². The molecule has 1 aliphatic heterocycles. The minimum atomic E-state index is -0.608. The largest absolute Gasteiger partial charge is 0.468 e. The first-order chi connectivity index (χ1) is 8.20. The second-order valence-electron chi connectivity index (χ2n) is 4.20. The van der Waals surface area contributed by atoms with Gasteiger partial charge in [-0.15, -0.1) is 0 Å². The van der Waals surface area contributed by atoms with E-state index in [9.17, 15) is 9.59 Å². The van der Waals surface area contributed by atoms with Crippen LogP contribution in [0.5, 0.6) is 0 Å². The van der Waals surface area contributed by atoms with Crippen molar-refractivity contribution in [3.63, 3.8) is 0 Å². The van der Waals surface area contributed by atoms with E-state index in [2.05, 4.69) is 4.74 Å². The molecule has 0 spiro atoms. The van der Waals surface area contributed by atoms with Crippen molar-refractivity contribution in [3.8, 4) is 0 Å². The summed E-state index contributed by atoms with van der Waals surface area (Å²) >= 11 is 0. The standard InChI is InChI=1S/C13H15NO3/c1-17-13(16)11-8-14(9-12(11)15)7-10-5-3-2-4-6-10/h2-6,11H,7-9H2,1H3. The molecule has 1 saturated heterocycles. The molecule has 0 aliphatic carbocycles. The van der Waals surface area contributed by atoms with Crippen molar-refractivity contribution < 1.29 is 14.3 Å². The molecule has 1 heterocycles. The normalized spacial score (nSPS) is 20.5. The first-order valence-corrected chi connectivity index (χ1v) is 5.57. The molecule has 4 heteroatoms. The molecule has 1 unspecified atom stereocenters. The van der Waals surface area contributed by atoms with Crippen LogP contribution < -0.4 is 0 Å². The zero-order valence-electron chi connectivity index (χ0n) is 9.76. The lowest BCUT2D eigenvalue weighted by atomic mass is 10.1. The van der Waals surface area contributed by atoms with Crippen LogP contribution in [-0.2, 0) is 20.9 Å². The van der Waals surface area contributed by atoms with E-state index in [0.29, 0.717) is 19.6 Å². The first kappa shape index (κ1) is 11.8. The van der Waals surface area contributed by atoms with Gasteiger partial charge in [0.15, 0.2) is 5.78 Å². The number of Topliss-reactive ketones (excluding diaryl/α,β-unsaturated/α-hetero) is 1. The molecule has 0 bridgehead atoms. The predicted molar refractivity (Wildman–Crippen MR) is 62.2 cm³/mol. The van der Waals surface area contributed by atoms with Gasteiger partial charge in [-0.25, -0.2) is 0 Å². The molecule has 1 fully saturated rings. The molecule has 1 aromatic rings. The first-order valence-electron chi connectivity index (χ1n) is 5.57. The van der Waals surface area contributed by atoms with E-state index in [1.807, 2.05) is 35.2 Å². The molecule has 1 aliphatic rings. The van der Waals surface area contributed by atoms with Crippen molar-refractivity contribution in [1.29, 1.82) is 0 Å². The van der Waals surface area contributed by atoms with Crippen LogP contribution in [0.15, 0.2) is 30.3 Å². The van der Waals surface area contributed by atoms with Gasteiger partial charge in [-0.05, 0) is 5.56 Å². The third kappa shape index (κ3) is 2.71. The topological polar surface area (TPSA) is 46.6 Å². The molecule has 1 atom stereocenters. The Balaban J connectivity index is 1.98. The van der Waals surface area contributed by atoms with Crippen LogP contribution >= 0.6 is 0 Å². The highest BCUT2D eigenvalue weighted by atomic mass is 16.5. The molecular weight excluding hydrogens is 218 g/mol. The number of esters is 1. The summed E-state index contributed by atoms with van der Waals surface area (Å²) in [5.74, 6) is -1.08. The van der Waals surface area contributed by atoms with Crippen LogP contribution in [0.3, 0.4) is 0 Å². The number of benzene rings is 1. The minimum Gasteiger partial charge on any atom is -0.468 e. The Morgan fingerprint density at radius 1 is 1.41 bits per heavy atom. The number of likely N-dealkylation sites (tertiary alicyclic amines) is 1. The van der Waals surface area contributed by atoms with Crippen molar-refractivity contribution >= 4 is 11.8 Å². The summed E-state index contributed by atoms with van der Waals surface area (Å²) in [6, 6.07) is 9.90. The van der Waals surface area contributed by atoms with Gasteiger partial charge in [-0.3, -0.25) is 14.5 Å². The Hall–Kier alpha value is -1.68. The molecule has 90 valence electrons. The number of ketones is 1. The van der Waals surface area contributed by atoms with E-state index in [-0.39, 0.29) is 5.78 Å². The molecule has 2 rings (SSSR count). The number of ether oxygens (including phenoxy) is 1. The summed E-state index contributed by atoms with van der Waals surface area (Å²) in [6.45, 7) is 1.48. The number of nitrogens with zero attached hydrogens (tertiary/aromatic N) is 1. The number of rotatable bonds is 3. The summed E-state index contributed by atoms with van der Waals surface area (Å²) in [4.78, 5) is 25.0. The fraction of sp³-hybridized carbons (Fsp3) is 0.385. The maximum atomic E-state index is 11.6. The van der Waals surface area contributed by atoms with Gasteiger partial charge in [0.2, 0.25) is 0 Å². The summed E-state index contributed by atoms with van der Waals surface area (Å²) in [5, 5.41) is 0. The van der Waals surface area contributed by atoms with Crippen molar-refractivity contribution in [2.45, 2.75) is 6.54 Å².